The number of rotatable bonds is 1. The highest BCUT2D eigenvalue weighted by Gasteiger charge is 2.43. The number of halogens is 1. The lowest BCUT2D eigenvalue weighted by atomic mass is 10.1. The Hall–Kier alpha value is -0.540. The molecule has 1 saturated carbocycles. The summed E-state index contributed by atoms with van der Waals surface area (Å²) in [5, 5.41) is 19.5. The minimum absolute atomic E-state index is 0.234. The number of aryl methyl sites for hydroxylation is 1. The van der Waals surface area contributed by atoms with E-state index in [2.05, 4.69) is 15.9 Å². The van der Waals surface area contributed by atoms with Crippen LogP contribution in [0.4, 0.5) is 0 Å². The van der Waals surface area contributed by atoms with Crippen LogP contribution in [0, 0.1) is 6.92 Å². The van der Waals surface area contributed by atoms with Gasteiger partial charge in [0, 0.05) is 5.56 Å². The van der Waals surface area contributed by atoms with Crippen molar-refractivity contribution in [1.29, 1.82) is 0 Å². The van der Waals surface area contributed by atoms with E-state index in [4.69, 9.17) is 0 Å². The highest BCUT2D eigenvalue weighted by Crippen LogP contribution is 2.49. The van der Waals surface area contributed by atoms with Crippen LogP contribution in [-0.4, -0.2) is 10.2 Å². The first-order valence-corrected chi connectivity index (χ1v) is 5.05. The first-order valence-electron chi connectivity index (χ1n) is 4.25. The molecular formula is C10H11BrO2. The van der Waals surface area contributed by atoms with Crippen molar-refractivity contribution in [3.63, 3.8) is 0 Å². The zero-order valence-electron chi connectivity index (χ0n) is 7.34. The Balaban J connectivity index is 2.54. The Morgan fingerprint density at radius 1 is 1.38 bits per heavy atom. The molecule has 0 saturated heterocycles. The average molecular weight is 243 g/mol. The fraction of sp³-hybridized carbons (Fsp3) is 0.400. The Kier molecular flexibility index (Phi) is 1.89. The van der Waals surface area contributed by atoms with E-state index < -0.39 is 5.60 Å². The van der Waals surface area contributed by atoms with Crippen LogP contribution in [0.15, 0.2) is 16.6 Å². The Bertz CT molecular complexity index is 356. The summed E-state index contributed by atoms with van der Waals surface area (Å²) in [7, 11) is 0. The molecule has 2 nitrogen and oxygen atoms in total. The van der Waals surface area contributed by atoms with Crippen LogP contribution in [0.2, 0.25) is 0 Å². The first-order chi connectivity index (χ1) is 6.04. The van der Waals surface area contributed by atoms with Crippen LogP contribution >= 0.6 is 15.9 Å². The van der Waals surface area contributed by atoms with Gasteiger partial charge in [0.25, 0.3) is 0 Å². The fourth-order valence-electron chi connectivity index (χ4n) is 1.41. The Morgan fingerprint density at radius 3 is 2.54 bits per heavy atom. The minimum atomic E-state index is -0.690. The van der Waals surface area contributed by atoms with Crippen molar-refractivity contribution in [2.45, 2.75) is 25.4 Å². The maximum absolute atomic E-state index is 9.86. The molecule has 70 valence electrons. The fourth-order valence-corrected chi connectivity index (χ4v) is 2.22. The molecule has 2 rings (SSSR count). The van der Waals surface area contributed by atoms with Crippen LogP contribution in [-0.2, 0) is 5.60 Å². The van der Waals surface area contributed by atoms with Crippen molar-refractivity contribution < 1.29 is 10.2 Å². The molecule has 0 spiro atoms. The van der Waals surface area contributed by atoms with Gasteiger partial charge in [-0.15, -0.1) is 0 Å². The van der Waals surface area contributed by atoms with Gasteiger partial charge in [-0.25, -0.2) is 0 Å². The second-order valence-corrected chi connectivity index (χ2v) is 4.42. The van der Waals surface area contributed by atoms with Gasteiger partial charge >= 0.3 is 0 Å². The number of phenols is 1. The molecule has 0 amide bonds. The van der Waals surface area contributed by atoms with E-state index in [0.717, 1.165) is 24.0 Å². The summed E-state index contributed by atoms with van der Waals surface area (Å²) in [4.78, 5) is 0. The van der Waals surface area contributed by atoms with Crippen LogP contribution in [0.3, 0.4) is 0 Å². The number of aliphatic hydroxyl groups is 1. The maximum atomic E-state index is 9.86. The molecule has 0 radical (unpaired) electrons. The molecule has 0 unspecified atom stereocenters. The highest BCUT2D eigenvalue weighted by molar-refractivity contribution is 9.10. The standard InChI is InChI=1S/C10H11BrO2/c1-6-2-3-7(8(11)9(6)12)10(13)4-5-10/h2-3,12-13H,4-5H2,1H3. The lowest BCUT2D eigenvalue weighted by Crippen LogP contribution is -2.05. The summed E-state index contributed by atoms with van der Waals surface area (Å²) in [6.07, 6.45) is 1.57. The summed E-state index contributed by atoms with van der Waals surface area (Å²) >= 11 is 3.30. The Morgan fingerprint density at radius 2 is 2.00 bits per heavy atom. The quantitative estimate of drug-likeness (QED) is 0.795. The highest BCUT2D eigenvalue weighted by atomic mass is 79.9. The number of hydrogen-bond donors (Lipinski definition) is 2. The van der Waals surface area contributed by atoms with Crippen LogP contribution in [0.5, 0.6) is 5.75 Å². The summed E-state index contributed by atoms with van der Waals surface area (Å²) in [5.74, 6) is 0.234. The van der Waals surface area contributed by atoms with Gasteiger partial charge in [0.2, 0.25) is 0 Å². The van der Waals surface area contributed by atoms with E-state index in [9.17, 15) is 10.2 Å². The molecule has 0 atom stereocenters. The monoisotopic (exact) mass is 242 g/mol. The van der Waals surface area contributed by atoms with E-state index in [1.165, 1.54) is 0 Å². The third-order valence-electron chi connectivity index (χ3n) is 2.54. The lowest BCUT2D eigenvalue weighted by molar-refractivity contribution is 0.150. The summed E-state index contributed by atoms with van der Waals surface area (Å²) in [6.45, 7) is 1.83. The van der Waals surface area contributed by atoms with Gasteiger partial charge < -0.3 is 10.2 Å². The molecule has 0 aromatic heterocycles. The van der Waals surface area contributed by atoms with E-state index in [1.807, 2.05) is 19.1 Å². The molecule has 0 bridgehead atoms. The largest absolute Gasteiger partial charge is 0.506 e. The molecule has 1 fully saturated rings. The zero-order chi connectivity index (χ0) is 9.64. The van der Waals surface area contributed by atoms with Crippen molar-refractivity contribution in [2.24, 2.45) is 0 Å². The van der Waals surface area contributed by atoms with Gasteiger partial charge in [-0.05, 0) is 41.3 Å². The van der Waals surface area contributed by atoms with E-state index in [0.29, 0.717) is 4.47 Å². The van der Waals surface area contributed by atoms with Crippen molar-refractivity contribution in [3.05, 3.63) is 27.7 Å². The third kappa shape index (κ3) is 1.36. The smallest absolute Gasteiger partial charge is 0.133 e. The minimum Gasteiger partial charge on any atom is -0.506 e. The maximum Gasteiger partial charge on any atom is 0.133 e. The van der Waals surface area contributed by atoms with Gasteiger partial charge in [0.05, 0.1) is 10.1 Å². The summed E-state index contributed by atoms with van der Waals surface area (Å²) in [5.41, 5.74) is 0.930. The molecule has 1 aliphatic carbocycles. The average Bonchev–Trinajstić information content (AvgIpc) is 2.80. The second-order valence-electron chi connectivity index (χ2n) is 3.62. The van der Waals surface area contributed by atoms with Crippen molar-refractivity contribution >= 4 is 15.9 Å². The van der Waals surface area contributed by atoms with Gasteiger partial charge in [-0.1, -0.05) is 12.1 Å². The van der Waals surface area contributed by atoms with E-state index >= 15 is 0 Å². The first kappa shape index (κ1) is 9.03. The van der Waals surface area contributed by atoms with Crippen LogP contribution in [0.1, 0.15) is 24.0 Å². The van der Waals surface area contributed by atoms with Gasteiger partial charge in [0.15, 0.2) is 0 Å². The lowest BCUT2D eigenvalue weighted by Gasteiger charge is -2.12. The SMILES string of the molecule is Cc1ccc(C2(O)CC2)c(Br)c1O. The molecule has 1 aromatic carbocycles. The molecule has 2 N–H and O–H groups in total. The molecule has 13 heavy (non-hydrogen) atoms. The summed E-state index contributed by atoms with van der Waals surface area (Å²) < 4.78 is 0.632. The van der Waals surface area contributed by atoms with E-state index in [1.54, 1.807) is 0 Å². The molecular weight excluding hydrogens is 232 g/mol. The Labute approximate surface area is 85.3 Å². The molecule has 0 aliphatic heterocycles. The molecule has 0 heterocycles. The van der Waals surface area contributed by atoms with Crippen LogP contribution < -0.4 is 0 Å². The number of hydrogen-bond acceptors (Lipinski definition) is 2. The number of benzene rings is 1. The topological polar surface area (TPSA) is 40.5 Å². The van der Waals surface area contributed by atoms with Gasteiger partial charge in [-0.3, -0.25) is 0 Å². The van der Waals surface area contributed by atoms with E-state index in [-0.39, 0.29) is 5.75 Å². The van der Waals surface area contributed by atoms with Crippen LogP contribution in [0.25, 0.3) is 0 Å². The van der Waals surface area contributed by atoms with Gasteiger partial charge in [0.1, 0.15) is 5.75 Å². The molecule has 3 heteroatoms. The van der Waals surface area contributed by atoms with Gasteiger partial charge in [-0.2, -0.15) is 0 Å². The van der Waals surface area contributed by atoms with Crippen molar-refractivity contribution in [1.82, 2.24) is 0 Å². The normalized spacial score (nSPS) is 18.7. The van der Waals surface area contributed by atoms with Crippen molar-refractivity contribution in [2.75, 3.05) is 0 Å². The number of phenolic OH excluding ortho intramolecular Hbond substituents is 1. The molecule has 1 aliphatic rings. The third-order valence-corrected chi connectivity index (χ3v) is 3.35. The second kappa shape index (κ2) is 2.72. The van der Waals surface area contributed by atoms with Crippen molar-refractivity contribution in [3.8, 4) is 5.75 Å². The predicted octanol–water partition coefficient (Wildman–Crippen LogP) is 2.44. The molecule has 1 aromatic rings. The predicted molar refractivity (Wildman–Crippen MR) is 53.7 cm³/mol. The zero-order valence-corrected chi connectivity index (χ0v) is 8.93. The number of aromatic hydroxyl groups is 1. The summed E-state index contributed by atoms with van der Waals surface area (Å²) in [6, 6.07) is 3.69.